The van der Waals surface area contributed by atoms with Gasteiger partial charge in [0.1, 0.15) is 0 Å². The third-order valence-corrected chi connectivity index (χ3v) is 4.43. The summed E-state index contributed by atoms with van der Waals surface area (Å²) in [6.07, 6.45) is 4.42. The average molecular weight is 418 g/mol. The number of pyridine rings is 1. The third kappa shape index (κ3) is 4.94. The van der Waals surface area contributed by atoms with Crippen LogP contribution in [0.3, 0.4) is 0 Å². The molecule has 2 aromatic rings. The summed E-state index contributed by atoms with van der Waals surface area (Å²) in [7, 11) is 4.08. The number of carbonyl (C=O) groups is 2. The number of halogens is 1. The Morgan fingerprint density at radius 2 is 1.76 bits per heavy atom. The molecule has 0 fully saturated rings. The Labute approximate surface area is 173 Å². The summed E-state index contributed by atoms with van der Waals surface area (Å²) < 4.78 is 15.4. The molecule has 29 heavy (non-hydrogen) atoms. The maximum atomic E-state index is 12.5. The summed E-state index contributed by atoms with van der Waals surface area (Å²) in [6.45, 7) is 1.60. The van der Waals surface area contributed by atoms with Crippen molar-refractivity contribution in [2.24, 2.45) is 0 Å². The summed E-state index contributed by atoms with van der Waals surface area (Å²) in [6, 6.07) is 6.42. The second kappa shape index (κ2) is 9.75. The van der Waals surface area contributed by atoms with Crippen LogP contribution in [0.1, 0.15) is 18.1 Å². The minimum absolute atomic E-state index is 0.111. The number of hydrogen-bond donors (Lipinski definition) is 1. The predicted octanol–water partition coefficient (Wildman–Crippen LogP) is 3.87. The fraction of sp³-hybridized carbons (Fsp3) is 0.190. The van der Waals surface area contributed by atoms with Gasteiger partial charge in [0.15, 0.2) is 11.5 Å². The number of nitrogens with zero attached hydrogens (tertiary/aromatic N) is 1. The molecule has 0 aliphatic heterocycles. The van der Waals surface area contributed by atoms with Crippen molar-refractivity contribution in [3.63, 3.8) is 0 Å². The molecule has 0 aliphatic rings. The molecule has 1 heterocycles. The lowest BCUT2D eigenvalue weighted by Gasteiger charge is -2.15. The molecule has 0 saturated heterocycles. The molecule has 0 atom stereocenters. The zero-order valence-corrected chi connectivity index (χ0v) is 17.1. The van der Waals surface area contributed by atoms with Crippen LogP contribution in [-0.2, 0) is 14.3 Å². The van der Waals surface area contributed by atoms with Gasteiger partial charge in [0.05, 0.1) is 37.5 Å². The average Bonchev–Trinajstić information content (AvgIpc) is 2.72. The summed E-state index contributed by atoms with van der Waals surface area (Å²) in [5.74, 6) is -1.41. The Kier molecular flexibility index (Phi) is 7.39. The topological polar surface area (TPSA) is 95.0 Å². The van der Waals surface area contributed by atoms with Crippen LogP contribution < -0.4 is 9.47 Å². The highest BCUT2D eigenvalue weighted by atomic mass is 35.5. The van der Waals surface area contributed by atoms with E-state index in [-0.39, 0.29) is 16.2 Å². The summed E-state index contributed by atoms with van der Waals surface area (Å²) in [4.78, 5) is 28.4. The lowest BCUT2D eigenvalue weighted by Crippen LogP contribution is -2.15. The standard InChI is InChI=1S/C21H20ClNO6/c1-12(14-10-16(22)19(28-3)17(11-14)27-2)18(21(26)29-4)15(20(24)25)9-13-5-7-23-8-6-13/h5-11H,1-4H3,(H,24,25)/b15-9+,18-12+. The van der Waals surface area contributed by atoms with Crippen molar-refractivity contribution in [1.29, 1.82) is 0 Å². The molecule has 0 saturated carbocycles. The largest absolute Gasteiger partial charge is 0.493 e. The Bertz CT molecular complexity index is 982. The molecule has 1 aromatic carbocycles. The third-order valence-electron chi connectivity index (χ3n) is 4.15. The molecule has 152 valence electrons. The summed E-state index contributed by atoms with van der Waals surface area (Å²) in [5.41, 5.74) is 1.06. The maximum absolute atomic E-state index is 12.5. The van der Waals surface area contributed by atoms with Crippen LogP contribution in [0.2, 0.25) is 5.02 Å². The lowest BCUT2D eigenvalue weighted by molar-refractivity contribution is -0.138. The first kappa shape index (κ1) is 22.0. The molecule has 0 radical (unpaired) electrons. The zero-order chi connectivity index (χ0) is 21.6. The second-order valence-electron chi connectivity index (χ2n) is 5.83. The number of aromatic nitrogens is 1. The second-order valence-corrected chi connectivity index (χ2v) is 6.24. The molecule has 0 bridgehead atoms. The molecule has 1 aromatic heterocycles. The van der Waals surface area contributed by atoms with E-state index in [1.807, 2.05) is 0 Å². The van der Waals surface area contributed by atoms with Crippen LogP contribution >= 0.6 is 11.6 Å². The van der Waals surface area contributed by atoms with E-state index in [0.717, 1.165) is 0 Å². The molecule has 8 heteroatoms. The highest BCUT2D eigenvalue weighted by Crippen LogP contribution is 2.39. The predicted molar refractivity (Wildman–Crippen MR) is 109 cm³/mol. The van der Waals surface area contributed by atoms with E-state index in [9.17, 15) is 14.7 Å². The number of rotatable bonds is 7. The molecule has 1 N–H and O–H groups in total. The van der Waals surface area contributed by atoms with Crippen LogP contribution in [0.15, 0.2) is 47.8 Å². The maximum Gasteiger partial charge on any atom is 0.339 e. The Morgan fingerprint density at radius 1 is 1.10 bits per heavy atom. The van der Waals surface area contributed by atoms with Crippen LogP contribution in [0.5, 0.6) is 11.5 Å². The summed E-state index contributed by atoms with van der Waals surface area (Å²) in [5, 5.41) is 10.0. The van der Waals surface area contributed by atoms with Crippen molar-refractivity contribution in [3.8, 4) is 11.5 Å². The Balaban J connectivity index is 2.77. The Hall–Kier alpha value is -3.32. The van der Waals surface area contributed by atoms with Crippen molar-refractivity contribution in [1.82, 2.24) is 4.98 Å². The SMILES string of the molecule is COC(=O)C(/C(=C\c1ccncc1)C(=O)O)=C(\C)c1cc(Cl)c(OC)c(OC)c1. The molecule has 0 spiro atoms. The number of benzene rings is 1. The van der Waals surface area contributed by atoms with E-state index in [1.54, 1.807) is 31.2 Å². The zero-order valence-electron chi connectivity index (χ0n) is 16.4. The monoisotopic (exact) mass is 417 g/mol. The van der Waals surface area contributed by atoms with Gasteiger partial charge in [0.25, 0.3) is 0 Å². The number of aliphatic carboxylic acids is 1. The van der Waals surface area contributed by atoms with Crippen LogP contribution in [0.25, 0.3) is 11.6 Å². The van der Waals surface area contributed by atoms with Gasteiger partial charge in [0.2, 0.25) is 0 Å². The fourth-order valence-corrected chi connectivity index (χ4v) is 3.00. The van der Waals surface area contributed by atoms with Gasteiger partial charge < -0.3 is 19.3 Å². The van der Waals surface area contributed by atoms with Gasteiger partial charge in [0, 0.05) is 12.4 Å². The van der Waals surface area contributed by atoms with Gasteiger partial charge in [-0.05, 0) is 54.0 Å². The Morgan fingerprint density at radius 3 is 2.28 bits per heavy atom. The van der Waals surface area contributed by atoms with E-state index < -0.39 is 11.9 Å². The van der Waals surface area contributed by atoms with E-state index in [1.165, 1.54) is 39.8 Å². The van der Waals surface area contributed by atoms with E-state index >= 15 is 0 Å². The first-order valence-electron chi connectivity index (χ1n) is 8.40. The lowest BCUT2D eigenvalue weighted by atomic mass is 9.94. The fourth-order valence-electron chi connectivity index (χ4n) is 2.71. The molecule has 7 nitrogen and oxygen atoms in total. The number of carboxylic acids is 1. The smallest absolute Gasteiger partial charge is 0.339 e. The number of hydrogen-bond acceptors (Lipinski definition) is 6. The molecule has 0 aliphatic carbocycles. The number of ether oxygens (including phenoxy) is 3. The molecule has 0 amide bonds. The first-order chi connectivity index (χ1) is 13.8. The van der Waals surface area contributed by atoms with Crippen LogP contribution in [-0.4, -0.2) is 43.4 Å². The first-order valence-corrected chi connectivity index (χ1v) is 8.78. The van der Waals surface area contributed by atoms with E-state index in [0.29, 0.717) is 28.2 Å². The quantitative estimate of drug-likeness (QED) is 0.415. The highest BCUT2D eigenvalue weighted by molar-refractivity contribution is 6.32. The van der Waals surface area contributed by atoms with Crippen LogP contribution in [0, 0.1) is 0 Å². The molecule has 0 unspecified atom stereocenters. The molecular formula is C21H20ClNO6. The molecule has 2 rings (SSSR count). The molecular weight excluding hydrogens is 398 g/mol. The van der Waals surface area contributed by atoms with E-state index in [2.05, 4.69) is 4.98 Å². The van der Waals surface area contributed by atoms with Gasteiger partial charge >= 0.3 is 11.9 Å². The minimum atomic E-state index is -1.28. The van der Waals surface area contributed by atoms with Crippen molar-refractivity contribution >= 4 is 35.2 Å². The van der Waals surface area contributed by atoms with Gasteiger partial charge in [-0.1, -0.05) is 11.6 Å². The highest BCUT2D eigenvalue weighted by Gasteiger charge is 2.25. The van der Waals surface area contributed by atoms with Crippen molar-refractivity contribution in [2.75, 3.05) is 21.3 Å². The van der Waals surface area contributed by atoms with Gasteiger partial charge in [-0.2, -0.15) is 0 Å². The number of esters is 1. The minimum Gasteiger partial charge on any atom is -0.493 e. The van der Waals surface area contributed by atoms with E-state index in [4.69, 9.17) is 25.8 Å². The summed E-state index contributed by atoms with van der Waals surface area (Å²) >= 11 is 6.27. The van der Waals surface area contributed by atoms with Crippen LogP contribution in [0.4, 0.5) is 0 Å². The van der Waals surface area contributed by atoms with Crippen molar-refractivity contribution in [3.05, 3.63) is 64.0 Å². The van der Waals surface area contributed by atoms with Crippen molar-refractivity contribution in [2.45, 2.75) is 6.92 Å². The van der Waals surface area contributed by atoms with Gasteiger partial charge in [-0.25, -0.2) is 9.59 Å². The number of allylic oxidation sites excluding steroid dienone is 1. The number of carbonyl (C=O) groups excluding carboxylic acids is 1. The number of methoxy groups -OCH3 is 3. The number of carboxylic acid groups (broad SMARTS) is 1. The van der Waals surface area contributed by atoms with Gasteiger partial charge in [-0.15, -0.1) is 0 Å². The van der Waals surface area contributed by atoms with Gasteiger partial charge in [-0.3, -0.25) is 4.98 Å². The van der Waals surface area contributed by atoms with Crippen molar-refractivity contribution < 1.29 is 28.9 Å². The normalized spacial score (nSPS) is 12.1.